The number of rotatable bonds is 10. The highest BCUT2D eigenvalue weighted by atomic mass is 79.9. The fraction of sp³-hybridized carbons (Fsp3) is 0.154. The average Bonchev–Trinajstić information content (AvgIpc) is 2.92. The van der Waals surface area contributed by atoms with E-state index in [0.717, 1.165) is 6.07 Å². The number of nitrogens with zero attached hydrogens (tertiary/aromatic N) is 1. The summed E-state index contributed by atoms with van der Waals surface area (Å²) < 4.78 is 35.7. The molecule has 0 aromatic heterocycles. The number of benzene rings is 3. The first-order chi connectivity index (χ1) is 18.7. The third-order valence-electron chi connectivity index (χ3n) is 5.02. The summed E-state index contributed by atoms with van der Waals surface area (Å²) >= 11 is 6.66. The van der Waals surface area contributed by atoms with Gasteiger partial charge >= 0.3 is 5.97 Å². The van der Waals surface area contributed by atoms with Gasteiger partial charge in [0.15, 0.2) is 17.2 Å². The molecule has 3 rings (SSSR count). The van der Waals surface area contributed by atoms with E-state index < -0.39 is 30.1 Å². The molecule has 3 aromatic rings. The second kappa shape index (κ2) is 13.7. The number of ether oxygens (including phenoxy) is 4. The van der Waals surface area contributed by atoms with Gasteiger partial charge in [0, 0.05) is 15.6 Å². The lowest BCUT2D eigenvalue weighted by Crippen LogP contribution is -2.35. The van der Waals surface area contributed by atoms with Crippen LogP contribution in [-0.2, 0) is 4.79 Å². The summed E-state index contributed by atoms with van der Waals surface area (Å²) in [5.41, 5.74) is 2.81. The van der Waals surface area contributed by atoms with Crippen molar-refractivity contribution in [2.45, 2.75) is 0 Å². The van der Waals surface area contributed by atoms with Gasteiger partial charge in [0.25, 0.3) is 11.8 Å². The quantitative estimate of drug-likeness (QED) is 0.142. The van der Waals surface area contributed by atoms with E-state index in [1.165, 1.54) is 57.9 Å². The molecule has 2 amide bonds. The largest absolute Gasteiger partial charge is 0.493 e. The van der Waals surface area contributed by atoms with Gasteiger partial charge in [0.05, 0.1) is 44.1 Å². The number of methoxy groups -OCH3 is 3. The average molecular weight is 667 g/mol. The molecule has 0 spiro atoms. The van der Waals surface area contributed by atoms with Crippen LogP contribution in [0.4, 0.5) is 4.39 Å². The van der Waals surface area contributed by atoms with Crippen LogP contribution in [-0.4, -0.2) is 51.9 Å². The van der Waals surface area contributed by atoms with Gasteiger partial charge in [-0.3, -0.25) is 9.59 Å². The highest BCUT2D eigenvalue weighted by Crippen LogP contribution is 2.38. The van der Waals surface area contributed by atoms with E-state index in [0.29, 0.717) is 20.3 Å². The van der Waals surface area contributed by atoms with Crippen LogP contribution in [0.25, 0.3) is 0 Å². The minimum atomic E-state index is -0.786. The molecule has 0 bridgehead atoms. The summed E-state index contributed by atoms with van der Waals surface area (Å²) in [5.74, 6) is -1.57. The predicted octanol–water partition coefficient (Wildman–Crippen LogP) is 4.48. The van der Waals surface area contributed by atoms with Crippen LogP contribution < -0.4 is 29.7 Å². The summed E-state index contributed by atoms with van der Waals surface area (Å²) in [6.07, 6.45) is 1.25. The van der Waals surface area contributed by atoms with Crippen molar-refractivity contribution in [2.75, 3.05) is 27.9 Å². The monoisotopic (exact) mass is 665 g/mol. The number of halogens is 3. The fourth-order valence-corrected chi connectivity index (χ4v) is 4.58. The van der Waals surface area contributed by atoms with Crippen LogP contribution in [0.3, 0.4) is 0 Å². The third-order valence-corrected chi connectivity index (χ3v) is 6.07. The first kappa shape index (κ1) is 29.6. The molecule has 204 valence electrons. The van der Waals surface area contributed by atoms with Gasteiger partial charge in [-0.1, -0.05) is 22.0 Å². The van der Waals surface area contributed by atoms with Gasteiger partial charge in [0.1, 0.15) is 5.82 Å². The SMILES string of the molecule is COc1cc(C(=O)NCC(=O)NN=Cc2cc(Br)cc(Br)c2OC(=O)c2cccc(F)c2)cc(OC)c1OC. The molecule has 39 heavy (non-hydrogen) atoms. The van der Waals surface area contributed by atoms with Crippen molar-refractivity contribution in [3.63, 3.8) is 0 Å². The minimum Gasteiger partial charge on any atom is -0.493 e. The van der Waals surface area contributed by atoms with Crippen molar-refractivity contribution in [2.24, 2.45) is 5.10 Å². The first-order valence-electron chi connectivity index (χ1n) is 11.0. The van der Waals surface area contributed by atoms with Crippen molar-refractivity contribution < 1.29 is 37.7 Å². The minimum absolute atomic E-state index is 0.0175. The number of carbonyl (C=O) groups is 3. The van der Waals surface area contributed by atoms with Crippen LogP contribution in [0.1, 0.15) is 26.3 Å². The smallest absolute Gasteiger partial charge is 0.343 e. The first-order valence-corrected chi connectivity index (χ1v) is 12.6. The Morgan fingerprint density at radius 1 is 0.923 bits per heavy atom. The van der Waals surface area contributed by atoms with Crippen molar-refractivity contribution in [3.8, 4) is 23.0 Å². The Bertz CT molecular complexity index is 1410. The molecule has 10 nitrogen and oxygen atoms in total. The standard InChI is InChI=1S/C26H22Br2FN3O7/c1-36-20-9-15(10-21(37-2)24(20)38-3)25(34)30-13-22(33)32-31-12-16-7-17(27)11-19(28)23(16)39-26(35)14-5-4-6-18(29)8-14/h4-12H,13H2,1-3H3,(H,30,34)(H,32,33). The molecule has 0 aliphatic heterocycles. The highest BCUT2D eigenvalue weighted by Gasteiger charge is 2.18. The second-order valence-electron chi connectivity index (χ2n) is 7.60. The molecule has 0 aliphatic carbocycles. The number of hydrogen-bond donors (Lipinski definition) is 2. The highest BCUT2D eigenvalue weighted by molar-refractivity contribution is 9.11. The Morgan fingerprint density at radius 3 is 2.23 bits per heavy atom. The molecular weight excluding hydrogens is 645 g/mol. The summed E-state index contributed by atoms with van der Waals surface area (Å²) in [7, 11) is 4.28. The maximum atomic E-state index is 13.5. The molecule has 3 aromatic carbocycles. The Morgan fingerprint density at radius 2 is 1.62 bits per heavy atom. The molecule has 0 atom stereocenters. The van der Waals surface area contributed by atoms with E-state index in [2.05, 4.69) is 47.7 Å². The molecule has 13 heteroatoms. The van der Waals surface area contributed by atoms with Gasteiger partial charge < -0.3 is 24.3 Å². The molecule has 0 fully saturated rings. The van der Waals surface area contributed by atoms with E-state index in [9.17, 15) is 18.8 Å². The fourth-order valence-electron chi connectivity index (χ4n) is 3.24. The lowest BCUT2D eigenvalue weighted by atomic mass is 10.1. The van der Waals surface area contributed by atoms with E-state index in [4.69, 9.17) is 18.9 Å². The second-order valence-corrected chi connectivity index (χ2v) is 9.37. The van der Waals surface area contributed by atoms with Crippen LogP contribution >= 0.6 is 31.9 Å². The third kappa shape index (κ3) is 7.77. The number of carbonyl (C=O) groups excluding carboxylic acids is 3. The van der Waals surface area contributed by atoms with Gasteiger partial charge in [0.2, 0.25) is 5.75 Å². The molecule has 0 saturated carbocycles. The summed E-state index contributed by atoms with van der Waals surface area (Å²) in [5, 5.41) is 6.36. The van der Waals surface area contributed by atoms with E-state index >= 15 is 0 Å². The lowest BCUT2D eigenvalue weighted by Gasteiger charge is -2.14. The number of esters is 1. The summed E-state index contributed by atoms with van der Waals surface area (Å²) in [4.78, 5) is 37.4. The Kier molecular flexibility index (Phi) is 10.4. The van der Waals surface area contributed by atoms with Crippen molar-refractivity contribution in [1.29, 1.82) is 0 Å². The van der Waals surface area contributed by atoms with E-state index in [1.54, 1.807) is 12.1 Å². The zero-order valence-corrected chi connectivity index (χ0v) is 24.0. The maximum Gasteiger partial charge on any atom is 0.343 e. The van der Waals surface area contributed by atoms with Gasteiger partial charge in [-0.15, -0.1) is 0 Å². The molecule has 2 N–H and O–H groups in total. The number of hydrazone groups is 1. The molecule has 0 saturated heterocycles. The Hall–Kier alpha value is -3.97. The topological polar surface area (TPSA) is 125 Å². The van der Waals surface area contributed by atoms with Gasteiger partial charge in [-0.2, -0.15) is 5.10 Å². The number of nitrogens with one attached hydrogen (secondary N) is 2. The van der Waals surface area contributed by atoms with E-state index in [1.807, 2.05) is 0 Å². The van der Waals surface area contributed by atoms with Crippen LogP contribution in [0.5, 0.6) is 23.0 Å². The predicted molar refractivity (Wildman–Crippen MR) is 147 cm³/mol. The molecule has 0 aliphatic rings. The lowest BCUT2D eigenvalue weighted by molar-refractivity contribution is -0.120. The number of amides is 2. The zero-order valence-electron chi connectivity index (χ0n) is 20.8. The molecule has 0 radical (unpaired) electrons. The van der Waals surface area contributed by atoms with Crippen molar-refractivity contribution >= 4 is 55.9 Å². The molecule has 0 unspecified atom stereocenters. The van der Waals surface area contributed by atoms with Crippen LogP contribution in [0, 0.1) is 5.82 Å². The Labute approximate surface area is 239 Å². The normalized spacial score (nSPS) is 10.6. The van der Waals surface area contributed by atoms with Crippen molar-refractivity contribution in [3.05, 3.63) is 80.0 Å². The Balaban J connectivity index is 1.66. The van der Waals surface area contributed by atoms with Crippen LogP contribution in [0.15, 0.2) is 62.6 Å². The maximum absolute atomic E-state index is 13.5. The summed E-state index contributed by atoms with van der Waals surface area (Å²) in [6, 6.07) is 11.2. The van der Waals surface area contributed by atoms with Crippen molar-refractivity contribution in [1.82, 2.24) is 10.7 Å². The van der Waals surface area contributed by atoms with Gasteiger partial charge in [-0.25, -0.2) is 14.6 Å². The summed E-state index contributed by atoms with van der Waals surface area (Å²) in [6.45, 7) is -0.392. The molecular formula is C26H22Br2FN3O7. The number of hydrogen-bond acceptors (Lipinski definition) is 8. The van der Waals surface area contributed by atoms with Crippen LogP contribution in [0.2, 0.25) is 0 Å². The zero-order chi connectivity index (χ0) is 28.5. The molecule has 0 heterocycles. The van der Waals surface area contributed by atoms with Gasteiger partial charge in [-0.05, 0) is 58.4 Å². The van der Waals surface area contributed by atoms with E-state index in [-0.39, 0.29) is 28.4 Å².